The molecule has 2 N–H and O–H groups in total. The maximum atomic E-state index is 13.5. The number of hydrogen-bond donors (Lipinski definition) is 2. The highest BCUT2D eigenvalue weighted by atomic mass is 16.2. The Morgan fingerprint density at radius 1 is 1.06 bits per heavy atom. The molecule has 2 amide bonds. The summed E-state index contributed by atoms with van der Waals surface area (Å²) in [7, 11) is 3.64. The summed E-state index contributed by atoms with van der Waals surface area (Å²) in [5.41, 5.74) is 1.83. The molecule has 0 radical (unpaired) electrons. The molecule has 0 spiro atoms. The van der Waals surface area contributed by atoms with Crippen LogP contribution in [-0.2, 0) is 17.9 Å². The van der Waals surface area contributed by atoms with E-state index >= 15 is 0 Å². The number of carbonyl (C=O) groups excluding carboxylic acids is 2. The van der Waals surface area contributed by atoms with E-state index in [1.165, 1.54) is 5.39 Å². The molecule has 4 rings (SSSR count). The fourth-order valence-corrected chi connectivity index (χ4v) is 4.47. The molecule has 1 atom stereocenters. The van der Waals surface area contributed by atoms with E-state index in [1.807, 2.05) is 32.9 Å². The van der Waals surface area contributed by atoms with E-state index in [-0.39, 0.29) is 11.8 Å². The molecule has 2 heterocycles. The first-order valence-corrected chi connectivity index (χ1v) is 11.5. The maximum Gasteiger partial charge on any atom is 0.272 e. The van der Waals surface area contributed by atoms with Crippen LogP contribution in [0.2, 0.25) is 0 Å². The van der Waals surface area contributed by atoms with E-state index in [1.54, 1.807) is 7.05 Å². The van der Waals surface area contributed by atoms with Crippen molar-refractivity contribution in [3.63, 3.8) is 0 Å². The van der Waals surface area contributed by atoms with Crippen LogP contribution in [-0.4, -0.2) is 52.9 Å². The van der Waals surface area contributed by atoms with E-state index in [0.717, 1.165) is 42.0 Å². The molecule has 1 aliphatic rings. The van der Waals surface area contributed by atoms with Gasteiger partial charge in [0.2, 0.25) is 5.91 Å². The van der Waals surface area contributed by atoms with Crippen LogP contribution >= 0.6 is 0 Å². The molecule has 0 saturated heterocycles. The summed E-state index contributed by atoms with van der Waals surface area (Å²) >= 11 is 0. The summed E-state index contributed by atoms with van der Waals surface area (Å²) in [6.07, 6.45) is 0.977. The normalized spacial score (nSPS) is 15.5. The average molecular weight is 448 g/mol. The zero-order valence-electron chi connectivity index (χ0n) is 20.1. The minimum Gasteiger partial charge on any atom is -0.357 e. The average Bonchev–Trinajstić information content (AvgIpc) is 3.02. The fourth-order valence-electron chi connectivity index (χ4n) is 4.47. The minimum absolute atomic E-state index is 0.215. The van der Waals surface area contributed by atoms with Gasteiger partial charge in [-0.1, -0.05) is 57.2 Å². The number of nitrogens with zero attached hydrogens (tertiary/aromatic N) is 3. The van der Waals surface area contributed by atoms with E-state index in [4.69, 9.17) is 4.98 Å². The predicted molar refractivity (Wildman–Crippen MR) is 131 cm³/mol. The largest absolute Gasteiger partial charge is 0.357 e. The summed E-state index contributed by atoms with van der Waals surface area (Å²) in [5, 5.41) is 7.93. The number of imidazole rings is 1. The van der Waals surface area contributed by atoms with Gasteiger partial charge in [-0.25, -0.2) is 4.98 Å². The quantitative estimate of drug-likeness (QED) is 0.642. The highest BCUT2D eigenvalue weighted by Gasteiger charge is 2.34. The predicted octanol–water partition coefficient (Wildman–Crippen LogP) is 3.43. The van der Waals surface area contributed by atoms with Gasteiger partial charge in [0.1, 0.15) is 11.9 Å². The molecule has 7 nitrogen and oxygen atoms in total. The Hall–Kier alpha value is -3.19. The monoisotopic (exact) mass is 447 g/mol. The molecular formula is C26H33N5O2. The Balaban J connectivity index is 1.79. The van der Waals surface area contributed by atoms with Gasteiger partial charge in [0, 0.05) is 25.7 Å². The van der Waals surface area contributed by atoms with Crippen LogP contribution in [0.3, 0.4) is 0 Å². The van der Waals surface area contributed by atoms with E-state index < -0.39 is 11.5 Å². The van der Waals surface area contributed by atoms with Gasteiger partial charge in [-0.15, -0.1) is 0 Å². The number of nitrogens with one attached hydrogen (secondary N) is 2. The molecule has 0 bridgehead atoms. The smallest absolute Gasteiger partial charge is 0.272 e. The van der Waals surface area contributed by atoms with Crippen molar-refractivity contribution in [1.29, 1.82) is 0 Å². The lowest BCUT2D eigenvalue weighted by atomic mass is 9.86. The van der Waals surface area contributed by atoms with Crippen LogP contribution < -0.4 is 10.6 Å². The molecule has 1 unspecified atom stereocenters. The fraction of sp³-hybridized carbons (Fsp3) is 0.423. The van der Waals surface area contributed by atoms with Gasteiger partial charge < -0.3 is 20.1 Å². The molecule has 0 saturated carbocycles. The van der Waals surface area contributed by atoms with Gasteiger partial charge in [0.15, 0.2) is 5.69 Å². The van der Waals surface area contributed by atoms with Gasteiger partial charge in [-0.05, 0) is 42.3 Å². The topological polar surface area (TPSA) is 79.3 Å². The van der Waals surface area contributed by atoms with Crippen LogP contribution in [0.1, 0.15) is 43.4 Å². The van der Waals surface area contributed by atoms with Crippen LogP contribution in [0.5, 0.6) is 0 Å². The highest BCUT2D eigenvalue weighted by molar-refractivity contribution is 5.98. The first kappa shape index (κ1) is 23.0. The van der Waals surface area contributed by atoms with Crippen LogP contribution in [0.4, 0.5) is 0 Å². The Kier molecular flexibility index (Phi) is 6.26. The van der Waals surface area contributed by atoms with Crippen LogP contribution in [0.25, 0.3) is 22.2 Å². The minimum atomic E-state index is -0.667. The third kappa shape index (κ3) is 4.64. The SMILES string of the molecule is CNC(=O)C(NC(=O)c1nc(-c2ccc3ccccc3c2)n2c1CN(C)CCC2)C(C)(C)C. The molecule has 7 heteroatoms. The lowest BCUT2D eigenvalue weighted by molar-refractivity contribution is -0.124. The van der Waals surface area contributed by atoms with Crippen molar-refractivity contribution in [2.45, 2.75) is 46.3 Å². The molecule has 2 aromatic carbocycles. The number of aromatic nitrogens is 2. The van der Waals surface area contributed by atoms with Crippen molar-refractivity contribution in [3.8, 4) is 11.4 Å². The summed E-state index contributed by atoms with van der Waals surface area (Å²) in [6.45, 7) is 8.19. The molecule has 1 aliphatic heterocycles. The summed E-state index contributed by atoms with van der Waals surface area (Å²) in [5.74, 6) is 0.265. The van der Waals surface area contributed by atoms with Gasteiger partial charge in [0.05, 0.1) is 5.69 Å². The number of carbonyl (C=O) groups is 2. The molecule has 0 aliphatic carbocycles. The third-order valence-electron chi connectivity index (χ3n) is 6.29. The van der Waals surface area contributed by atoms with E-state index in [2.05, 4.69) is 57.5 Å². The second-order valence-electron chi connectivity index (χ2n) is 9.92. The lowest BCUT2D eigenvalue weighted by Gasteiger charge is -2.29. The van der Waals surface area contributed by atoms with E-state index in [9.17, 15) is 9.59 Å². The van der Waals surface area contributed by atoms with Crippen LogP contribution in [0.15, 0.2) is 42.5 Å². The number of benzene rings is 2. The third-order valence-corrected chi connectivity index (χ3v) is 6.29. The van der Waals surface area contributed by atoms with Crippen molar-refractivity contribution in [2.24, 2.45) is 5.41 Å². The molecular weight excluding hydrogens is 414 g/mol. The zero-order chi connectivity index (χ0) is 23.8. The van der Waals surface area contributed by atoms with Gasteiger partial charge in [-0.2, -0.15) is 0 Å². The first-order chi connectivity index (χ1) is 15.7. The molecule has 0 fully saturated rings. The maximum absolute atomic E-state index is 13.5. The molecule has 1 aromatic heterocycles. The summed E-state index contributed by atoms with van der Waals surface area (Å²) in [4.78, 5) is 33.1. The number of hydrogen-bond acceptors (Lipinski definition) is 4. The number of fused-ring (bicyclic) bond motifs is 2. The standard InChI is InChI=1S/C26H33N5O2/c1-26(2,3)22(25(33)27-4)29-24(32)21-20-16-30(5)13-8-14-31(20)23(28-21)19-12-11-17-9-6-7-10-18(17)15-19/h6-7,9-12,15,22H,8,13-14,16H2,1-5H3,(H,27,33)(H,29,32). The van der Waals surface area contributed by atoms with Crippen LogP contribution in [0, 0.1) is 5.41 Å². The molecule has 174 valence electrons. The second-order valence-corrected chi connectivity index (χ2v) is 9.92. The molecule has 33 heavy (non-hydrogen) atoms. The second kappa shape index (κ2) is 8.98. The van der Waals surface area contributed by atoms with Crippen molar-refractivity contribution in [3.05, 3.63) is 53.9 Å². The zero-order valence-corrected chi connectivity index (χ0v) is 20.1. The van der Waals surface area contributed by atoms with Crippen molar-refractivity contribution >= 4 is 22.6 Å². The van der Waals surface area contributed by atoms with Crippen molar-refractivity contribution in [1.82, 2.24) is 25.1 Å². The first-order valence-electron chi connectivity index (χ1n) is 11.5. The Labute approximate surface area is 195 Å². The number of amides is 2. The summed E-state index contributed by atoms with van der Waals surface area (Å²) < 4.78 is 2.18. The Morgan fingerprint density at radius 2 is 1.79 bits per heavy atom. The van der Waals surface area contributed by atoms with Gasteiger partial charge in [-0.3, -0.25) is 9.59 Å². The van der Waals surface area contributed by atoms with Gasteiger partial charge >= 0.3 is 0 Å². The van der Waals surface area contributed by atoms with E-state index in [0.29, 0.717) is 12.2 Å². The Bertz CT molecular complexity index is 1190. The highest BCUT2D eigenvalue weighted by Crippen LogP contribution is 2.29. The molecule has 3 aromatic rings. The van der Waals surface area contributed by atoms with Crippen molar-refractivity contribution in [2.75, 3.05) is 20.6 Å². The lowest BCUT2D eigenvalue weighted by Crippen LogP contribution is -2.53. The number of likely N-dealkylation sites (N-methyl/N-ethyl adjacent to an activating group) is 1. The van der Waals surface area contributed by atoms with Gasteiger partial charge in [0.25, 0.3) is 5.91 Å². The summed E-state index contributed by atoms with van der Waals surface area (Å²) in [6, 6.07) is 13.8. The Morgan fingerprint density at radius 3 is 2.48 bits per heavy atom. The number of rotatable bonds is 4. The van der Waals surface area contributed by atoms with Crippen molar-refractivity contribution < 1.29 is 9.59 Å².